The number of halogens is 2. The summed E-state index contributed by atoms with van der Waals surface area (Å²) in [4.78, 5) is 8.28. The molecule has 2 N–H and O–H groups in total. The first-order chi connectivity index (χ1) is 15.9. The highest BCUT2D eigenvalue weighted by molar-refractivity contribution is 6.05. The molecule has 0 aliphatic heterocycles. The number of aliphatic imine (C=N–C) groups is 2. The Morgan fingerprint density at radius 1 is 1.15 bits per heavy atom. The third-order valence-electron chi connectivity index (χ3n) is 4.05. The molecule has 178 valence electrons. The van der Waals surface area contributed by atoms with Crippen LogP contribution in [-0.4, -0.2) is 26.7 Å². The van der Waals surface area contributed by atoms with Gasteiger partial charge in [-0.1, -0.05) is 63.3 Å². The van der Waals surface area contributed by atoms with Crippen LogP contribution in [0.3, 0.4) is 0 Å². The Kier molecular flexibility index (Phi) is 14.6. The predicted octanol–water partition coefficient (Wildman–Crippen LogP) is 7.36. The summed E-state index contributed by atoms with van der Waals surface area (Å²) in [5, 5.41) is 0. The molecule has 2 aromatic carbocycles. The molecule has 0 unspecified atom stereocenters. The first-order valence-electron chi connectivity index (χ1n) is 10.6. The Balaban J connectivity index is 0.00000189. The number of rotatable bonds is 6. The van der Waals surface area contributed by atoms with Crippen molar-refractivity contribution in [1.29, 1.82) is 0 Å². The van der Waals surface area contributed by atoms with Crippen molar-refractivity contribution in [2.45, 2.75) is 34.1 Å². The molecule has 0 fully saturated rings. The van der Waals surface area contributed by atoms with E-state index in [0.717, 1.165) is 0 Å². The number of hydrogen-bond acceptors (Lipinski definition) is 3. The van der Waals surface area contributed by atoms with E-state index in [0.29, 0.717) is 22.4 Å². The second-order valence-electron chi connectivity index (χ2n) is 6.62. The molecule has 4 nitrogen and oxygen atoms in total. The van der Waals surface area contributed by atoms with Crippen molar-refractivity contribution < 1.29 is 13.5 Å². The maximum Gasteiger partial charge on any atom is 0.159 e. The second-order valence-corrected chi connectivity index (χ2v) is 6.62. The van der Waals surface area contributed by atoms with Gasteiger partial charge in [-0.3, -0.25) is 0 Å². The van der Waals surface area contributed by atoms with Crippen LogP contribution >= 0.6 is 0 Å². The number of nitrogens with two attached hydrogens (primary N) is 1. The van der Waals surface area contributed by atoms with Crippen LogP contribution < -0.4 is 10.5 Å². The Labute approximate surface area is 196 Å². The topological polar surface area (TPSA) is 60.0 Å². The summed E-state index contributed by atoms with van der Waals surface area (Å²) in [5.41, 5.74) is 6.39. The fourth-order valence-electron chi connectivity index (χ4n) is 2.59. The Hall–Kier alpha value is -3.38. The molecule has 0 spiro atoms. The zero-order valence-electron chi connectivity index (χ0n) is 20.5. The Bertz CT molecular complexity index is 1010. The van der Waals surface area contributed by atoms with E-state index >= 15 is 4.39 Å². The van der Waals surface area contributed by atoms with Crippen molar-refractivity contribution in [3.8, 4) is 16.9 Å². The molecule has 2 rings (SSSR count). The van der Waals surface area contributed by atoms with Gasteiger partial charge in [0.2, 0.25) is 0 Å². The number of benzene rings is 2. The summed E-state index contributed by atoms with van der Waals surface area (Å²) >= 11 is 0. The third-order valence-corrected chi connectivity index (χ3v) is 4.05. The second kappa shape index (κ2) is 16.3. The summed E-state index contributed by atoms with van der Waals surface area (Å²) in [6, 6.07) is 7.36. The van der Waals surface area contributed by atoms with Gasteiger partial charge < -0.3 is 10.5 Å². The molecule has 0 aliphatic carbocycles. The van der Waals surface area contributed by atoms with E-state index in [4.69, 9.17) is 4.74 Å². The van der Waals surface area contributed by atoms with Crippen molar-refractivity contribution in [2.75, 3.05) is 14.2 Å². The largest absolute Gasteiger partial charge is 0.497 e. The van der Waals surface area contributed by atoms with Gasteiger partial charge in [-0.05, 0) is 50.9 Å². The van der Waals surface area contributed by atoms with Crippen LogP contribution in [0.15, 0.2) is 76.8 Å². The Morgan fingerprint density at radius 2 is 1.79 bits per heavy atom. The van der Waals surface area contributed by atoms with E-state index in [1.165, 1.54) is 32.7 Å². The van der Waals surface area contributed by atoms with E-state index in [1.54, 1.807) is 43.4 Å². The normalized spacial score (nSPS) is 11.2. The minimum atomic E-state index is -0.580. The van der Waals surface area contributed by atoms with Gasteiger partial charge in [-0.2, -0.15) is 0 Å². The van der Waals surface area contributed by atoms with E-state index < -0.39 is 11.6 Å². The minimum Gasteiger partial charge on any atom is -0.497 e. The number of methoxy groups -OCH3 is 1. The fourth-order valence-corrected chi connectivity index (χ4v) is 2.59. The van der Waals surface area contributed by atoms with Crippen molar-refractivity contribution in [2.24, 2.45) is 15.7 Å². The van der Waals surface area contributed by atoms with Crippen LogP contribution in [0.4, 0.5) is 14.5 Å². The lowest BCUT2D eigenvalue weighted by Crippen LogP contribution is -1.98. The molecule has 0 atom stereocenters. The van der Waals surface area contributed by atoms with E-state index in [1.807, 2.05) is 13.0 Å². The standard InChI is InChI=1S/C23H22F2N2O.C3H8.CH5N/c1-6-8-9-16(7-2)23(26-4)27-22-15(3)10-11-20(21(22)25)17-12-18(24)14-19(13-17)28-5;1-3-2;1-2/h6-14H,2,4H2,1,3,5H3;3H2,1-2H3;2H2,1H3/b8-6-,16-9+,27-23?;;. The number of amidine groups is 1. The van der Waals surface area contributed by atoms with Crippen LogP contribution in [0, 0.1) is 18.6 Å². The lowest BCUT2D eigenvalue weighted by atomic mass is 10.0. The van der Waals surface area contributed by atoms with Crippen molar-refractivity contribution in [1.82, 2.24) is 0 Å². The molecule has 0 saturated carbocycles. The summed E-state index contributed by atoms with van der Waals surface area (Å²) in [6.07, 6.45) is 8.22. The van der Waals surface area contributed by atoms with Gasteiger partial charge in [0.25, 0.3) is 0 Å². The molecule has 0 aromatic heterocycles. The summed E-state index contributed by atoms with van der Waals surface area (Å²) in [7, 11) is 2.93. The van der Waals surface area contributed by atoms with Gasteiger partial charge in [-0.15, -0.1) is 0 Å². The molecule has 0 bridgehead atoms. The highest BCUT2D eigenvalue weighted by Gasteiger charge is 2.15. The van der Waals surface area contributed by atoms with Crippen LogP contribution in [0.1, 0.15) is 32.8 Å². The molecule has 2 aromatic rings. The molecule has 0 radical (unpaired) electrons. The molecule has 0 aliphatic rings. The van der Waals surface area contributed by atoms with E-state index in [2.05, 4.69) is 42.9 Å². The van der Waals surface area contributed by atoms with Gasteiger partial charge in [0.05, 0.1) is 7.11 Å². The fraction of sp³-hybridized carbons (Fsp3) is 0.259. The average molecular weight is 456 g/mol. The quantitative estimate of drug-likeness (QED) is 0.281. The summed E-state index contributed by atoms with van der Waals surface area (Å²) in [6.45, 7) is 15.1. The number of hydrogen-bond donors (Lipinski definition) is 1. The van der Waals surface area contributed by atoms with Crippen molar-refractivity contribution >= 4 is 18.2 Å². The molecular formula is C27H35F2N3O. The first-order valence-corrected chi connectivity index (χ1v) is 10.6. The number of aryl methyl sites for hydroxylation is 1. The average Bonchev–Trinajstić information content (AvgIpc) is 2.82. The minimum absolute atomic E-state index is 0.108. The zero-order chi connectivity index (χ0) is 25.4. The maximum atomic E-state index is 15.3. The molecule has 0 amide bonds. The van der Waals surface area contributed by atoms with Crippen molar-refractivity contribution in [3.63, 3.8) is 0 Å². The van der Waals surface area contributed by atoms with Crippen LogP contribution in [0.25, 0.3) is 11.1 Å². The molecule has 0 saturated heterocycles. The maximum absolute atomic E-state index is 15.3. The van der Waals surface area contributed by atoms with E-state index in [9.17, 15) is 4.39 Å². The smallest absolute Gasteiger partial charge is 0.159 e. The molecule has 0 heterocycles. The Morgan fingerprint density at radius 3 is 2.30 bits per heavy atom. The van der Waals surface area contributed by atoms with Crippen molar-refractivity contribution in [3.05, 3.63) is 84.0 Å². The van der Waals surface area contributed by atoms with Gasteiger partial charge >= 0.3 is 0 Å². The number of allylic oxidation sites excluding steroid dienone is 3. The SMILES string of the molecule is C=C/C(=C\C=C/C)C(N=C)=Nc1c(C)ccc(-c2cc(F)cc(OC)c2)c1F.CCC.CN. The van der Waals surface area contributed by atoms with Gasteiger partial charge in [0.1, 0.15) is 17.3 Å². The van der Waals surface area contributed by atoms with Gasteiger partial charge in [-0.25, -0.2) is 18.8 Å². The van der Waals surface area contributed by atoms with Crippen LogP contribution in [0.2, 0.25) is 0 Å². The molecular weight excluding hydrogens is 420 g/mol. The molecule has 6 heteroatoms. The highest BCUT2D eigenvalue weighted by Crippen LogP contribution is 2.34. The van der Waals surface area contributed by atoms with Gasteiger partial charge in [0.15, 0.2) is 11.7 Å². The van der Waals surface area contributed by atoms with Gasteiger partial charge in [0, 0.05) is 17.2 Å². The van der Waals surface area contributed by atoms with Crippen LogP contribution in [0.5, 0.6) is 5.75 Å². The third kappa shape index (κ3) is 8.94. The zero-order valence-corrected chi connectivity index (χ0v) is 20.5. The summed E-state index contributed by atoms with van der Waals surface area (Å²) in [5.74, 6) is -0.555. The summed E-state index contributed by atoms with van der Waals surface area (Å²) < 4.78 is 34.3. The number of nitrogens with zero attached hydrogens (tertiary/aromatic N) is 2. The predicted molar refractivity (Wildman–Crippen MR) is 139 cm³/mol. The molecule has 33 heavy (non-hydrogen) atoms. The first kappa shape index (κ1) is 29.6. The monoisotopic (exact) mass is 455 g/mol. The highest BCUT2D eigenvalue weighted by atomic mass is 19.1. The lowest BCUT2D eigenvalue weighted by Gasteiger charge is -2.11. The lowest BCUT2D eigenvalue weighted by molar-refractivity contribution is 0.411. The van der Waals surface area contributed by atoms with Crippen LogP contribution in [-0.2, 0) is 0 Å². The number of ether oxygens (including phenoxy) is 1. The van der Waals surface area contributed by atoms with E-state index in [-0.39, 0.29) is 17.1 Å².